The summed E-state index contributed by atoms with van der Waals surface area (Å²) in [7, 11) is 4.04. The van der Waals surface area contributed by atoms with Gasteiger partial charge in [0.05, 0.1) is 6.04 Å². The van der Waals surface area contributed by atoms with Gasteiger partial charge in [0.2, 0.25) is 5.91 Å². The van der Waals surface area contributed by atoms with Crippen molar-refractivity contribution >= 4 is 5.91 Å². The Hall–Kier alpha value is -0.610. The average molecular weight is 241 g/mol. The third kappa shape index (κ3) is 4.28. The molecule has 2 N–H and O–H groups in total. The minimum atomic E-state index is -0.0548. The molecule has 17 heavy (non-hydrogen) atoms. The molecule has 1 fully saturated rings. The number of amides is 1. The molecule has 100 valence electrons. The van der Waals surface area contributed by atoms with Gasteiger partial charge in [-0.05, 0) is 45.8 Å². The molecule has 0 bridgehead atoms. The summed E-state index contributed by atoms with van der Waals surface area (Å²) in [5.41, 5.74) is 0.0557. The van der Waals surface area contributed by atoms with E-state index in [1.165, 1.54) is 0 Å². The molecule has 1 heterocycles. The molecule has 0 radical (unpaired) electrons. The zero-order valence-corrected chi connectivity index (χ0v) is 11.8. The van der Waals surface area contributed by atoms with Gasteiger partial charge in [-0.1, -0.05) is 13.8 Å². The summed E-state index contributed by atoms with van der Waals surface area (Å²) in [6.45, 7) is 8.20. The van der Waals surface area contributed by atoms with Gasteiger partial charge in [0.25, 0.3) is 0 Å². The number of piperidine rings is 1. The van der Waals surface area contributed by atoms with Crippen molar-refractivity contribution in [1.82, 2.24) is 15.5 Å². The molecule has 0 saturated carbocycles. The number of hydrogen-bond acceptors (Lipinski definition) is 3. The van der Waals surface area contributed by atoms with E-state index in [9.17, 15) is 4.79 Å². The van der Waals surface area contributed by atoms with Crippen LogP contribution < -0.4 is 10.6 Å². The molecule has 2 unspecified atom stereocenters. The first kappa shape index (κ1) is 14.5. The Bertz CT molecular complexity index is 263. The van der Waals surface area contributed by atoms with Gasteiger partial charge in [-0.2, -0.15) is 0 Å². The van der Waals surface area contributed by atoms with Gasteiger partial charge in [0.1, 0.15) is 0 Å². The first-order valence-corrected chi connectivity index (χ1v) is 6.51. The molecular weight excluding hydrogens is 214 g/mol. The van der Waals surface area contributed by atoms with E-state index in [1.807, 2.05) is 21.0 Å². The summed E-state index contributed by atoms with van der Waals surface area (Å²) in [6.07, 6.45) is 2.27. The average Bonchev–Trinajstić information content (AvgIpc) is 2.14. The van der Waals surface area contributed by atoms with Gasteiger partial charge in [0, 0.05) is 12.6 Å². The Morgan fingerprint density at radius 1 is 1.53 bits per heavy atom. The second-order valence-electron chi connectivity index (χ2n) is 6.15. The van der Waals surface area contributed by atoms with Crippen molar-refractivity contribution in [2.24, 2.45) is 5.41 Å². The highest BCUT2D eigenvalue weighted by Crippen LogP contribution is 2.30. The number of hydrogen-bond donors (Lipinski definition) is 2. The summed E-state index contributed by atoms with van der Waals surface area (Å²) < 4.78 is 0. The minimum Gasteiger partial charge on any atom is -0.351 e. The van der Waals surface area contributed by atoms with Crippen LogP contribution in [0.5, 0.6) is 0 Å². The number of likely N-dealkylation sites (N-methyl/N-ethyl adjacent to an activating group) is 1. The lowest BCUT2D eigenvalue weighted by Gasteiger charge is -2.38. The van der Waals surface area contributed by atoms with E-state index < -0.39 is 0 Å². The molecule has 0 aromatic heterocycles. The molecule has 0 aliphatic carbocycles. The van der Waals surface area contributed by atoms with Crippen LogP contribution in [-0.2, 0) is 4.79 Å². The highest BCUT2D eigenvalue weighted by atomic mass is 16.2. The molecule has 4 nitrogen and oxygen atoms in total. The van der Waals surface area contributed by atoms with Crippen LogP contribution in [0.4, 0.5) is 0 Å². The Labute approximate surface area is 105 Å². The molecule has 0 spiro atoms. The summed E-state index contributed by atoms with van der Waals surface area (Å²) >= 11 is 0. The largest absolute Gasteiger partial charge is 0.351 e. The maximum atomic E-state index is 12.2. The maximum absolute atomic E-state index is 12.2. The lowest BCUT2D eigenvalue weighted by atomic mass is 9.77. The summed E-state index contributed by atoms with van der Waals surface area (Å²) in [5.74, 6) is 0.143. The number of carbonyl (C=O) groups is 1. The highest BCUT2D eigenvalue weighted by Gasteiger charge is 2.37. The van der Waals surface area contributed by atoms with E-state index in [-0.39, 0.29) is 23.4 Å². The van der Waals surface area contributed by atoms with E-state index in [2.05, 4.69) is 29.4 Å². The van der Waals surface area contributed by atoms with Crippen LogP contribution in [0.15, 0.2) is 0 Å². The first-order chi connectivity index (χ1) is 7.83. The third-order valence-corrected chi connectivity index (χ3v) is 3.42. The molecule has 1 aliphatic rings. The fraction of sp³-hybridized carbons (Fsp3) is 0.923. The van der Waals surface area contributed by atoms with Crippen LogP contribution in [0.25, 0.3) is 0 Å². The molecule has 1 saturated heterocycles. The predicted molar refractivity (Wildman–Crippen MR) is 71.0 cm³/mol. The van der Waals surface area contributed by atoms with Gasteiger partial charge in [0.15, 0.2) is 0 Å². The van der Waals surface area contributed by atoms with E-state index in [4.69, 9.17) is 0 Å². The topological polar surface area (TPSA) is 44.4 Å². The first-order valence-electron chi connectivity index (χ1n) is 6.51. The molecule has 1 aliphatic heterocycles. The molecule has 1 rings (SSSR count). The molecule has 0 aromatic carbocycles. The summed E-state index contributed by atoms with van der Waals surface area (Å²) in [4.78, 5) is 14.3. The standard InChI is InChI=1S/C13H27N3O/c1-10(9-16(4)5)15-12(17)11-13(2,3)7-6-8-14-11/h10-11,14H,6-9H2,1-5H3,(H,15,17). The quantitative estimate of drug-likeness (QED) is 0.766. The second-order valence-corrected chi connectivity index (χ2v) is 6.15. The Kier molecular flexibility index (Phi) is 4.95. The fourth-order valence-electron chi connectivity index (χ4n) is 2.58. The van der Waals surface area contributed by atoms with Gasteiger partial charge in [-0.15, -0.1) is 0 Å². The van der Waals surface area contributed by atoms with Crippen LogP contribution in [-0.4, -0.2) is 50.1 Å². The van der Waals surface area contributed by atoms with Crippen molar-refractivity contribution in [3.05, 3.63) is 0 Å². The smallest absolute Gasteiger partial charge is 0.237 e. The molecule has 4 heteroatoms. The SMILES string of the molecule is CC(CN(C)C)NC(=O)C1NCCCC1(C)C. The molecule has 0 aromatic rings. The zero-order chi connectivity index (χ0) is 13.1. The lowest BCUT2D eigenvalue weighted by Crippen LogP contribution is -2.57. The van der Waals surface area contributed by atoms with E-state index >= 15 is 0 Å². The third-order valence-electron chi connectivity index (χ3n) is 3.42. The van der Waals surface area contributed by atoms with Crippen LogP contribution >= 0.6 is 0 Å². The predicted octanol–water partition coefficient (Wildman–Crippen LogP) is 0.831. The van der Waals surface area contributed by atoms with Gasteiger partial charge >= 0.3 is 0 Å². The minimum absolute atomic E-state index is 0.0548. The van der Waals surface area contributed by atoms with Crippen molar-refractivity contribution in [3.63, 3.8) is 0 Å². The number of carbonyl (C=O) groups excluding carboxylic acids is 1. The monoisotopic (exact) mass is 241 g/mol. The van der Waals surface area contributed by atoms with Crippen molar-refractivity contribution in [3.8, 4) is 0 Å². The molecular formula is C13H27N3O. The normalized spacial score (nSPS) is 25.6. The van der Waals surface area contributed by atoms with E-state index in [0.29, 0.717) is 0 Å². The summed E-state index contributed by atoms with van der Waals surface area (Å²) in [5, 5.41) is 6.44. The van der Waals surface area contributed by atoms with Gasteiger partial charge in [-0.25, -0.2) is 0 Å². The maximum Gasteiger partial charge on any atom is 0.237 e. The molecule has 2 atom stereocenters. The Morgan fingerprint density at radius 2 is 2.18 bits per heavy atom. The van der Waals surface area contributed by atoms with Crippen molar-refractivity contribution in [2.45, 2.75) is 45.7 Å². The fourth-order valence-corrected chi connectivity index (χ4v) is 2.58. The highest BCUT2D eigenvalue weighted by molar-refractivity contribution is 5.83. The van der Waals surface area contributed by atoms with Gasteiger partial charge in [-0.3, -0.25) is 4.79 Å². The van der Waals surface area contributed by atoms with Crippen molar-refractivity contribution in [1.29, 1.82) is 0 Å². The Balaban J connectivity index is 2.51. The molecule has 1 amide bonds. The van der Waals surface area contributed by atoms with Crippen LogP contribution in [0.2, 0.25) is 0 Å². The van der Waals surface area contributed by atoms with Crippen molar-refractivity contribution < 1.29 is 4.79 Å². The zero-order valence-electron chi connectivity index (χ0n) is 11.8. The number of nitrogens with one attached hydrogen (secondary N) is 2. The number of nitrogens with zero attached hydrogens (tertiary/aromatic N) is 1. The summed E-state index contributed by atoms with van der Waals surface area (Å²) in [6, 6.07) is 0.137. The number of rotatable bonds is 4. The van der Waals surface area contributed by atoms with Crippen molar-refractivity contribution in [2.75, 3.05) is 27.2 Å². The Morgan fingerprint density at radius 3 is 2.71 bits per heavy atom. The van der Waals surface area contributed by atoms with Crippen LogP contribution in [0.1, 0.15) is 33.6 Å². The van der Waals surface area contributed by atoms with E-state index in [0.717, 1.165) is 25.9 Å². The second kappa shape index (κ2) is 5.83. The lowest BCUT2D eigenvalue weighted by molar-refractivity contribution is -0.127. The van der Waals surface area contributed by atoms with E-state index in [1.54, 1.807) is 0 Å². The van der Waals surface area contributed by atoms with Crippen LogP contribution in [0.3, 0.4) is 0 Å². The van der Waals surface area contributed by atoms with Crippen LogP contribution in [0, 0.1) is 5.41 Å². The van der Waals surface area contributed by atoms with Gasteiger partial charge < -0.3 is 15.5 Å².